The van der Waals surface area contributed by atoms with Crippen molar-refractivity contribution in [2.24, 2.45) is 0 Å². The molecule has 14 heavy (non-hydrogen) atoms. The fraction of sp³-hybridized carbons (Fsp3) is 1.00. The maximum absolute atomic E-state index is 12.2. The van der Waals surface area contributed by atoms with Crippen molar-refractivity contribution in [2.75, 3.05) is 34.2 Å². The second-order valence-electron chi connectivity index (χ2n) is 3.15. The molecule has 0 aromatic carbocycles. The van der Waals surface area contributed by atoms with Crippen molar-refractivity contribution >= 4 is 16.0 Å². The molecule has 1 aliphatic rings. The van der Waals surface area contributed by atoms with E-state index in [-0.39, 0.29) is 0 Å². The zero-order valence-corrected chi connectivity index (χ0v) is 11.3. The van der Waals surface area contributed by atoms with Crippen molar-refractivity contribution in [3.63, 3.8) is 0 Å². The lowest BCUT2D eigenvalue weighted by Gasteiger charge is -2.55. The van der Waals surface area contributed by atoms with Crippen molar-refractivity contribution in [3.8, 4) is 0 Å². The van der Waals surface area contributed by atoms with Gasteiger partial charge in [0, 0.05) is 27.2 Å². The van der Waals surface area contributed by atoms with E-state index in [9.17, 15) is 4.57 Å². The Kier molecular flexibility index (Phi) is 4.10. The summed E-state index contributed by atoms with van der Waals surface area (Å²) in [5.74, 6) is 0. The van der Waals surface area contributed by atoms with E-state index in [0.29, 0.717) is 0 Å². The first-order chi connectivity index (χ1) is 6.52. The molecule has 0 aromatic rings. The summed E-state index contributed by atoms with van der Waals surface area (Å²) in [7, 11) is 2.72. The number of rotatable bonds is 4. The summed E-state index contributed by atoms with van der Waals surface area (Å²) in [6.45, 7) is 6.27. The van der Waals surface area contributed by atoms with E-state index in [4.69, 9.17) is 0 Å². The van der Waals surface area contributed by atoms with Crippen LogP contribution in [-0.2, 0) is 4.57 Å². The van der Waals surface area contributed by atoms with Gasteiger partial charge in [-0.05, 0) is 7.05 Å². The number of hydrogen-bond acceptors (Lipinski definition) is 2. The third-order valence-electron chi connectivity index (χ3n) is 2.58. The molecule has 0 spiro atoms. The summed E-state index contributed by atoms with van der Waals surface area (Å²) in [5, 5.41) is 2.91. The van der Waals surface area contributed by atoms with Gasteiger partial charge in [0.15, 0.2) is 0 Å². The highest BCUT2D eigenvalue weighted by Gasteiger charge is 2.53. The van der Waals surface area contributed by atoms with E-state index in [1.807, 2.05) is 23.0 Å². The largest absolute Gasteiger partial charge is 0.294 e. The predicted molar refractivity (Wildman–Crippen MR) is 62.0 cm³/mol. The maximum atomic E-state index is 12.2. The summed E-state index contributed by atoms with van der Waals surface area (Å²) >= 11 is 0. The highest BCUT2D eigenvalue weighted by atomic mass is 31.3. The summed E-state index contributed by atoms with van der Waals surface area (Å²) in [4.78, 5) is 0. The van der Waals surface area contributed by atoms with E-state index < -0.39 is 16.0 Å². The average molecular weight is 238 g/mol. The Balaban J connectivity index is 2.74. The highest BCUT2D eigenvalue weighted by Crippen LogP contribution is 2.78. The van der Waals surface area contributed by atoms with E-state index in [0.717, 1.165) is 13.1 Å². The van der Waals surface area contributed by atoms with Gasteiger partial charge >= 0.3 is 0 Å². The number of nitrogens with zero attached hydrogens (tertiary/aromatic N) is 3. The van der Waals surface area contributed by atoms with Crippen LogP contribution in [0.5, 0.6) is 0 Å². The molecule has 0 atom stereocenters. The Morgan fingerprint density at radius 1 is 1.29 bits per heavy atom. The van der Waals surface area contributed by atoms with Crippen LogP contribution in [0.15, 0.2) is 0 Å². The first-order valence-corrected chi connectivity index (χ1v) is 7.66. The minimum Gasteiger partial charge on any atom is -0.270 e. The molecule has 1 aliphatic heterocycles. The second-order valence-corrected chi connectivity index (χ2v) is 8.82. The van der Waals surface area contributed by atoms with Crippen LogP contribution in [0.2, 0.25) is 0 Å². The third-order valence-corrected chi connectivity index (χ3v) is 9.25. The van der Waals surface area contributed by atoms with Crippen LogP contribution in [-0.4, -0.2) is 47.8 Å². The molecule has 1 fully saturated rings. The van der Waals surface area contributed by atoms with E-state index in [1.54, 1.807) is 7.05 Å². The summed E-state index contributed by atoms with van der Waals surface area (Å²) < 4.78 is 18.5. The number of hydrogen-bond donors (Lipinski definition) is 1. The smallest absolute Gasteiger partial charge is 0.270 e. The quantitative estimate of drug-likeness (QED) is 0.755. The highest BCUT2D eigenvalue weighted by molar-refractivity contribution is 7.83. The van der Waals surface area contributed by atoms with Gasteiger partial charge in [-0.3, -0.25) is 9.24 Å². The molecular weight excluding hydrogens is 218 g/mol. The molecule has 0 amide bonds. The van der Waals surface area contributed by atoms with E-state index in [1.165, 1.54) is 0 Å². The van der Waals surface area contributed by atoms with Crippen LogP contribution < -0.4 is 5.09 Å². The van der Waals surface area contributed by atoms with Gasteiger partial charge in [0.25, 0.3) is 7.59 Å². The van der Waals surface area contributed by atoms with Gasteiger partial charge in [-0.2, -0.15) is 8.88 Å². The molecule has 0 bridgehead atoms. The lowest BCUT2D eigenvalue weighted by atomic mass is 10.7. The van der Waals surface area contributed by atoms with Crippen LogP contribution in [0, 0.1) is 0 Å². The topological polar surface area (TPSA) is 38.8 Å². The normalized spacial score (nSPS) is 34.9. The second kappa shape index (κ2) is 4.56. The predicted octanol–water partition coefficient (Wildman–Crippen LogP) is 1.76. The Morgan fingerprint density at radius 2 is 1.71 bits per heavy atom. The zero-order chi connectivity index (χ0) is 10.9. The average Bonchev–Trinajstić information content (AvgIpc) is 2.23. The molecule has 0 aromatic heterocycles. The zero-order valence-electron chi connectivity index (χ0n) is 9.56. The fourth-order valence-corrected chi connectivity index (χ4v) is 8.13. The molecule has 1 rings (SSSR count). The maximum Gasteiger partial charge on any atom is 0.294 e. The van der Waals surface area contributed by atoms with Gasteiger partial charge in [0.2, 0.25) is 0 Å². The Hall–Kier alpha value is 0.500. The monoisotopic (exact) mass is 238 g/mol. The molecular formula is C7H20N4OP2. The molecule has 84 valence electrons. The summed E-state index contributed by atoms with van der Waals surface area (Å²) in [6.07, 6.45) is 0. The van der Waals surface area contributed by atoms with Gasteiger partial charge in [0.1, 0.15) is 8.37 Å². The molecule has 0 saturated carbocycles. The lowest BCUT2D eigenvalue weighted by molar-refractivity contribution is 0.401. The lowest BCUT2D eigenvalue weighted by Crippen LogP contribution is -2.46. The Morgan fingerprint density at radius 3 is 2.00 bits per heavy atom. The van der Waals surface area contributed by atoms with Gasteiger partial charge in [-0.1, -0.05) is 13.8 Å². The molecule has 0 unspecified atom stereocenters. The van der Waals surface area contributed by atoms with Crippen LogP contribution in [0.25, 0.3) is 0 Å². The Labute approximate surface area is 87.9 Å². The van der Waals surface area contributed by atoms with Gasteiger partial charge in [-0.15, -0.1) is 0 Å². The van der Waals surface area contributed by atoms with Crippen molar-refractivity contribution in [2.45, 2.75) is 13.8 Å². The third kappa shape index (κ3) is 1.67. The molecule has 0 radical (unpaired) electrons. The van der Waals surface area contributed by atoms with Crippen molar-refractivity contribution in [3.05, 3.63) is 0 Å². The van der Waals surface area contributed by atoms with Gasteiger partial charge < -0.3 is 0 Å². The first kappa shape index (κ1) is 12.6. The van der Waals surface area contributed by atoms with Crippen LogP contribution in [0.4, 0.5) is 0 Å². The number of nitrogens with one attached hydrogen (secondary N) is 1. The minimum atomic E-state index is -2.39. The van der Waals surface area contributed by atoms with Crippen molar-refractivity contribution < 1.29 is 4.57 Å². The molecule has 0 aliphatic carbocycles. The summed E-state index contributed by atoms with van der Waals surface area (Å²) in [5.41, 5.74) is 0. The molecule has 1 saturated heterocycles. The molecule has 1 N–H and O–H groups in total. The SMILES string of the molecule is CCN(CC)P1N(C)P(=O)(NC)N1C. The standard InChI is InChI=1S/C7H20N4OP2/c1-6-11(7-2)13-9(4)14(12,8-3)10(13)5/h6-7H2,1-5H3,(H,8,12). The van der Waals surface area contributed by atoms with Gasteiger partial charge in [-0.25, -0.2) is 5.09 Å². The van der Waals surface area contributed by atoms with Crippen LogP contribution in [0.3, 0.4) is 0 Å². The van der Waals surface area contributed by atoms with Crippen molar-refractivity contribution in [1.82, 2.24) is 18.6 Å². The Bertz CT molecular complexity index is 232. The molecule has 5 nitrogen and oxygen atoms in total. The fourth-order valence-electron chi connectivity index (χ4n) is 1.69. The van der Waals surface area contributed by atoms with Crippen LogP contribution in [0.1, 0.15) is 13.8 Å². The molecule has 7 heteroatoms. The van der Waals surface area contributed by atoms with Crippen LogP contribution >= 0.6 is 16.0 Å². The minimum absolute atomic E-state index is 0.503. The van der Waals surface area contributed by atoms with Gasteiger partial charge in [0.05, 0.1) is 0 Å². The first-order valence-electron chi connectivity index (χ1n) is 4.85. The van der Waals surface area contributed by atoms with E-state index in [2.05, 4.69) is 23.6 Å². The summed E-state index contributed by atoms with van der Waals surface area (Å²) in [6, 6.07) is 0. The van der Waals surface area contributed by atoms with E-state index >= 15 is 0 Å². The van der Waals surface area contributed by atoms with Crippen molar-refractivity contribution in [1.29, 1.82) is 0 Å². The molecule has 1 heterocycles.